The Morgan fingerprint density at radius 2 is 2.19 bits per heavy atom. The number of carbonyl (C=O) groups is 1. The van der Waals surface area contributed by atoms with Gasteiger partial charge in [0, 0.05) is 12.5 Å². The molecule has 1 saturated heterocycles. The first-order chi connectivity index (χ1) is 7.75. The van der Waals surface area contributed by atoms with Gasteiger partial charge in [-0.1, -0.05) is 0 Å². The van der Waals surface area contributed by atoms with Gasteiger partial charge in [0.25, 0.3) is 0 Å². The third-order valence-electron chi connectivity index (χ3n) is 2.61. The number of carboxylic acids is 1. The zero-order chi connectivity index (χ0) is 11.4. The van der Waals surface area contributed by atoms with Crippen LogP contribution in [-0.2, 0) is 4.74 Å². The first-order valence-electron chi connectivity index (χ1n) is 5.29. The lowest BCUT2D eigenvalue weighted by molar-refractivity contribution is 0.0697. The van der Waals surface area contributed by atoms with Crippen molar-refractivity contribution in [2.45, 2.75) is 6.42 Å². The van der Waals surface area contributed by atoms with Crippen LogP contribution in [0.5, 0.6) is 5.75 Å². The largest absolute Gasteiger partial charge is 0.493 e. The van der Waals surface area contributed by atoms with Crippen molar-refractivity contribution in [3.05, 3.63) is 29.8 Å². The standard InChI is InChI=1S/C12H14O4/c13-12(14)10-1-3-11(4-2-10)16-8-9-5-6-15-7-9/h1-4,9H,5-8H2,(H,13,14). The lowest BCUT2D eigenvalue weighted by atomic mass is 10.1. The van der Waals surface area contributed by atoms with Crippen LogP contribution in [-0.4, -0.2) is 30.9 Å². The maximum atomic E-state index is 10.6. The zero-order valence-electron chi connectivity index (χ0n) is 8.89. The van der Waals surface area contributed by atoms with E-state index >= 15 is 0 Å². The minimum absolute atomic E-state index is 0.275. The Bertz CT molecular complexity index is 352. The number of rotatable bonds is 4. The second kappa shape index (κ2) is 4.99. The maximum absolute atomic E-state index is 10.6. The summed E-state index contributed by atoms with van der Waals surface area (Å²) in [7, 11) is 0. The molecule has 0 aliphatic carbocycles. The van der Waals surface area contributed by atoms with Crippen molar-refractivity contribution in [1.82, 2.24) is 0 Å². The van der Waals surface area contributed by atoms with Crippen LogP contribution in [0.1, 0.15) is 16.8 Å². The predicted molar refractivity (Wildman–Crippen MR) is 57.8 cm³/mol. The smallest absolute Gasteiger partial charge is 0.335 e. The molecular weight excluding hydrogens is 208 g/mol. The Hall–Kier alpha value is -1.55. The molecule has 1 aliphatic rings. The summed E-state index contributed by atoms with van der Waals surface area (Å²) in [5.41, 5.74) is 0.275. The van der Waals surface area contributed by atoms with Gasteiger partial charge in [0.2, 0.25) is 0 Å². The molecule has 0 bridgehead atoms. The Morgan fingerprint density at radius 3 is 2.75 bits per heavy atom. The van der Waals surface area contributed by atoms with Crippen LogP contribution in [0.2, 0.25) is 0 Å². The molecule has 1 aromatic rings. The van der Waals surface area contributed by atoms with Crippen LogP contribution in [0.25, 0.3) is 0 Å². The van der Waals surface area contributed by atoms with Crippen molar-refractivity contribution >= 4 is 5.97 Å². The van der Waals surface area contributed by atoms with E-state index in [2.05, 4.69) is 0 Å². The van der Waals surface area contributed by atoms with E-state index in [-0.39, 0.29) is 5.56 Å². The first-order valence-corrected chi connectivity index (χ1v) is 5.29. The highest BCUT2D eigenvalue weighted by Crippen LogP contribution is 2.17. The van der Waals surface area contributed by atoms with Crippen molar-refractivity contribution in [2.75, 3.05) is 19.8 Å². The van der Waals surface area contributed by atoms with Crippen molar-refractivity contribution in [1.29, 1.82) is 0 Å². The lowest BCUT2D eigenvalue weighted by Gasteiger charge is -2.10. The normalized spacial score (nSPS) is 19.6. The molecule has 4 nitrogen and oxygen atoms in total. The molecule has 1 aromatic carbocycles. The summed E-state index contributed by atoms with van der Waals surface area (Å²) in [4.78, 5) is 10.6. The summed E-state index contributed by atoms with van der Waals surface area (Å²) in [6.07, 6.45) is 1.03. The second-order valence-electron chi connectivity index (χ2n) is 3.87. The summed E-state index contributed by atoms with van der Waals surface area (Å²) in [5, 5.41) is 8.72. The number of hydrogen-bond donors (Lipinski definition) is 1. The van der Waals surface area contributed by atoms with Crippen LogP contribution in [0.4, 0.5) is 0 Å². The van der Waals surface area contributed by atoms with Crippen molar-refractivity contribution in [3.63, 3.8) is 0 Å². The third-order valence-corrected chi connectivity index (χ3v) is 2.61. The highest BCUT2D eigenvalue weighted by atomic mass is 16.5. The van der Waals surface area contributed by atoms with Crippen LogP contribution in [0, 0.1) is 5.92 Å². The van der Waals surface area contributed by atoms with Crippen LogP contribution in [0.15, 0.2) is 24.3 Å². The molecule has 2 rings (SSSR count). The summed E-state index contributed by atoms with van der Waals surface area (Å²) < 4.78 is 10.8. The molecule has 0 spiro atoms. The minimum Gasteiger partial charge on any atom is -0.493 e. The van der Waals surface area contributed by atoms with Crippen molar-refractivity contribution in [3.8, 4) is 5.75 Å². The first kappa shape index (κ1) is 11.0. The average Bonchev–Trinajstić information content (AvgIpc) is 2.80. The highest BCUT2D eigenvalue weighted by Gasteiger charge is 2.16. The van der Waals surface area contributed by atoms with E-state index in [0.717, 1.165) is 19.6 Å². The number of benzene rings is 1. The van der Waals surface area contributed by atoms with Gasteiger partial charge < -0.3 is 14.6 Å². The molecule has 4 heteroatoms. The van der Waals surface area contributed by atoms with Gasteiger partial charge >= 0.3 is 5.97 Å². The van der Waals surface area contributed by atoms with E-state index in [4.69, 9.17) is 14.6 Å². The monoisotopic (exact) mass is 222 g/mol. The second-order valence-corrected chi connectivity index (χ2v) is 3.87. The Balaban J connectivity index is 1.87. The van der Waals surface area contributed by atoms with Crippen LogP contribution < -0.4 is 4.74 Å². The molecule has 1 atom stereocenters. The molecule has 0 radical (unpaired) electrons. The van der Waals surface area contributed by atoms with Gasteiger partial charge in [-0.15, -0.1) is 0 Å². The fourth-order valence-electron chi connectivity index (χ4n) is 1.62. The highest BCUT2D eigenvalue weighted by molar-refractivity contribution is 5.87. The summed E-state index contributed by atoms with van der Waals surface area (Å²) >= 11 is 0. The number of carboxylic acid groups (broad SMARTS) is 1. The molecule has 0 aromatic heterocycles. The molecule has 1 heterocycles. The van der Waals surface area contributed by atoms with Gasteiger partial charge in [-0.2, -0.15) is 0 Å². The number of aromatic carboxylic acids is 1. The van der Waals surface area contributed by atoms with E-state index in [0.29, 0.717) is 18.3 Å². The zero-order valence-corrected chi connectivity index (χ0v) is 8.89. The molecule has 0 amide bonds. The summed E-state index contributed by atoms with van der Waals surface area (Å²) in [6, 6.07) is 6.45. The van der Waals surface area contributed by atoms with Gasteiger partial charge in [0.15, 0.2) is 0 Å². The van der Waals surface area contributed by atoms with Crippen molar-refractivity contribution < 1.29 is 19.4 Å². The lowest BCUT2D eigenvalue weighted by Crippen LogP contribution is -2.11. The van der Waals surface area contributed by atoms with E-state index in [1.54, 1.807) is 24.3 Å². The number of ether oxygens (including phenoxy) is 2. The number of hydrogen-bond acceptors (Lipinski definition) is 3. The molecule has 86 valence electrons. The predicted octanol–water partition coefficient (Wildman–Crippen LogP) is 1.80. The van der Waals surface area contributed by atoms with Gasteiger partial charge in [-0.05, 0) is 30.7 Å². The third kappa shape index (κ3) is 2.73. The molecule has 1 fully saturated rings. The van der Waals surface area contributed by atoms with Crippen molar-refractivity contribution in [2.24, 2.45) is 5.92 Å². The van der Waals surface area contributed by atoms with E-state index in [1.807, 2.05) is 0 Å². The quantitative estimate of drug-likeness (QED) is 0.844. The Morgan fingerprint density at radius 1 is 1.44 bits per heavy atom. The van der Waals surface area contributed by atoms with Crippen LogP contribution >= 0.6 is 0 Å². The maximum Gasteiger partial charge on any atom is 0.335 e. The van der Waals surface area contributed by atoms with Gasteiger partial charge in [0.1, 0.15) is 5.75 Å². The Labute approximate surface area is 93.8 Å². The van der Waals surface area contributed by atoms with Gasteiger partial charge in [-0.25, -0.2) is 4.79 Å². The average molecular weight is 222 g/mol. The van der Waals surface area contributed by atoms with Crippen LogP contribution in [0.3, 0.4) is 0 Å². The molecule has 0 saturated carbocycles. The molecule has 16 heavy (non-hydrogen) atoms. The SMILES string of the molecule is O=C(O)c1ccc(OCC2CCOC2)cc1. The molecular formula is C12H14O4. The Kier molecular flexibility index (Phi) is 3.41. The molecule has 1 aliphatic heterocycles. The molecule has 1 unspecified atom stereocenters. The van der Waals surface area contributed by atoms with Gasteiger partial charge in [0.05, 0.1) is 18.8 Å². The van der Waals surface area contributed by atoms with E-state index in [9.17, 15) is 4.79 Å². The van der Waals surface area contributed by atoms with E-state index in [1.165, 1.54) is 0 Å². The van der Waals surface area contributed by atoms with Gasteiger partial charge in [-0.3, -0.25) is 0 Å². The topological polar surface area (TPSA) is 55.8 Å². The fourth-order valence-corrected chi connectivity index (χ4v) is 1.62. The van der Waals surface area contributed by atoms with E-state index < -0.39 is 5.97 Å². The molecule has 1 N–H and O–H groups in total. The summed E-state index contributed by atoms with van der Waals surface area (Å²) in [6.45, 7) is 2.20. The summed E-state index contributed by atoms with van der Waals surface area (Å²) in [5.74, 6) is 0.242. The fraction of sp³-hybridized carbons (Fsp3) is 0.417. The minimum atomic E-state index is -0.921.